The number of aromatic nitrogens is 1. The molecule has 3 aromatic rings. The summed E-state index contributed by atoms with van der Waals surface area (Å²) in [6, 6.07) is 18.1. The molecule has 1 amide bonds. The van der Waals surface area contributed by atoms with Crippen molar-refractivity contribution in [2.75, 3.05) is 11.4 Å². The minimum absolute atomic E-state index is 0.0533. The summed E-state index contributed by atoms with van der Waals surface area (Å²) in [6.07, 6.45) is 2.08. The van der Waals surface area contributed by atoms with Crippen LogP contribution in [0.25, 0.3) is 10.8 Å². The predicted octanol–water partition coefficient (Wildman–Crippen LogP) is 4.59. The first-order valence-electron chi connectivity index (χ1n) is 7.57. The van der Waals surface area contributed by atoms with Gasteiger partial charge in [-0.25, -0.2) is 4.98 Å². The van der Waals surface area contributed by atoms with Gasteiger partial charge in [-0.1, -0.05) is 42.5 Å². The van der Waals surface area contributed by atoms with Gasteiger partial charge in [-0.05, 0) is 51.3 Å². The topological polar surface area (TPSA) is 33.2 Å². The number of benzene rings is 2. The monoisotopic (exact) mass is 368 g/mol. The summed E-state index contributed by atoms with van der Waals surface area (Å²) in [5.74, 6) is 0.735. The molecule has 4 heteroatoms. The Labute approximate surface area is 144 Å². The fraction of sp³-hybridized carbons (Fsp3) is 0.158. The molecule has 0 bridgehead atoms. The first-order valence-corrected chi connectivity index (χ1v) is 8.36. The molecule has 2 aromatic carbocycles. The number of halogens is 1. The van der Waals surface area contributed by atoms with E-state index >= 15 is 0 Å². The molecule has 1 aromatic heterocycles. The largest absolute Gasteiger partial charge is 0.297 e. The number of amides is 1. The van der Waals surface area contributed by atoms with E-state index in [0.717, 1.165) is 15.4 Å². The van der Waals surface area contributed by atoms with Gasteiger partial charge < -0.3 is 0 Å². The minimum atomic E-state index is 0.0533. The summed E-state index contributed by atoms with van der Waals surface area (Å²) in [7, 11) is 0. The molecule has 0 fully saturated rings. The minimum Gasteiger partial charge on any atom is -0.297 e. The lowest BCUT2D eigenvalue weighted by atomic mass is 10.0. The highest BCUT2D eigenvalue weighted by Gasteiger charge is 2.15. The van der Waals surface area contributed by atoms with Crippen molar-refractivity contribution >= 4 is 38.4 Å². The number of carbonyl (C=O) groups is 1. The van der Waals surface area contributed by atoms with E-state index in [1.165, 1.54) is 5.39 Å². The van der Waals surface area contributed by atoms with E-state index in [4.69, 9.17) is 0 Å². The molecule has 0 N–H and O–H groups in total. The number of hydrogen-bond donors (Lipinski definition) is 0. The summed E-state index contributed by atoms with van der Waals surface area (Å²) in [5.41, 5.74) is 1.02. The van der Waals surface area contributed by atoms with Gasteiger partial charge in [0.05, 0.1) is 6.42 Å². The van der Waals surface area contributed by atoms with Crippen LogP contribution in [0.3, 0.4) is 0 Å². The lowest BCUT2D eigenvalue weighted by Gasteiger charge is -2.20. The van der Waals surface area contributed by atoms with Gasteiger partial charge in [-0.15, -0.1) is 0 Å². The molecule has 0 aliphatic rings. The van der Waals surface area contributed by atoms with Crippen molar-refractivity contribution in [1.82, 2.24) is 4.98 Å². The standard InChI is InChI=1S/C19H17BrN2O/c1-2-22(18-10-9-17(20)13-21-18)19(23)12-14-7-8-15-5-3-4-6-16(15)11-14/h3-11,13H,2,12H2,1H3. The molecule has 1 heterocycles. The first kappa shape index (κ1) is 15.7. The molecule has 3 rings (SSSR count). The highest BCUT2D eigenvalue weighted by Crippen LogP contribution is 2.19. The van der Waals surface area contributed by atoms with E-state index in [2.05, 4.69) is 45.2 Å². The maximum absolute atomic E-state index is 12.6. The highest BCUT2D eigenvalue weighted by molar-refractivity contribution is 9.10. The molecular weight excluding hydrogens is 352 g/mol. The van der Waals surface area contributed by atoms with Crippen LogP contribution in [0.1, 0.15) is 12.5 Å². The third-order valence-corrected chi connectivity index (χ3v) is 4.24. The van der Waals surface area contributed by atoms with Crippen LogP contribution in [0, 0.1) is 0 Å². The van der Waals surface area contributed by atoms with Crippen LogP contribution in [0.4, 0.5) is 5.82 Å². The smallest absolute Gasteiger partial charge is 0.232 e. The Hall–Kier alpha value is -2.20. The summed E-state index contributed by atoms with van der Waals surface area (Å²) in [6.45, 7) is 2.56. The van der Waals surface area contributed by atoms with Crippen molar-refractivity contribution in [3.8, 4) is 0 Å². The molecule has 0 saturated carbocycles. The fourth-order valence-electron chi connectivity index (χ4n) is 2.61. The van der Waals surface area contributed by atoms with Crippen molar-refractivity contribution < 1.29 is 4.79 Å². The van der Waals surface area contributed by atoms with E-state index in [9.17, 15) is 4.79 Å². The highest BCUT2D eigenvalue weighted by atomic mass is 79.9. The SMILES string of the molecule is CCN(C(=O)Cc1ccc2ccccc2c1)c1ccc(Br)cn1. The zero-order chi connectivity index (χ0) is 16.2. The second-order valence-corrected chi connectivity index (χ2v) is 6.25. The van der Waals surface area contributed by atoms with Crippen molar-refractivity contribution in [3.05, 3.63) is 70.8 Å². The quantitative estimate of drug-likeness (QED) is 0.674. The molecule has 0 spiro atoms. The zero-order valence-electron chi connectivity index (χ0n) is 12.9. The van der Waals surface area contributed by atoms with Gasteiger partial charge in [-0.3, -0.25) is 9.69 Å². The molecule has 0 unspecified atom stereocenters. The Bertz CT molecular complexity index is 830. The second kappa shape index (κ2) is 6.92. The maximum atomic E-state index is 12.6. The Morgan fingerprint density at radius 1 is 1.09 bits per heavy atom. The van der Waals surface area contributed by atoms with Crippen molar-refractivity contribution in [3.63, 3.8) is 0 Å². The van der Waals surface area contributed by atoms with Crippen LogP contribution in [-0.4, -0.2) is 17.4 Å². The number of fused-ring (bicyclic) bond motifs is 1. The maximum Gasteiger partial charge on any atom is 0.232 e. The number of carbonyl (C=O) groups excluding carboxylic acids is 1. The van der Waals surface area contributed by atoms with E-state index in [1.54, 1.807) is 11.1 Å². The van der Waals surface area contributed by atoms with Crippen LogP contribution in [0.2, 0.25) is 0 Å². The molecule has 0 atom stereocenters. The summed E-state index contributed by atoms with van der Waals surface area (Å²) < 4.78 is 0.902. The Kier molecular flexibility index (Phi) is 4.72. The molecule has 3 nitrogen and oxygen atoms in total. The average molecular weight is 369 g/mol. The summed E-state index contributed by atoms with van der Waals surface area (Å²) >= 11 is 3.36. The van der Waals surface area contributed by atoms with Crippen LogP contribution in [-0.2, 0) is 11.2 Å². The van der Waals surface area contributed by atoms with Gasteiger partial charge in [0.25, 0.3) is 0 Å². The van der Waals surface area contributed by atoms with E-state index in [0.29, 0.717) is 18.8 Å². The first-order chi connectivity index (χ1) is 11.2. The van der Waals surface area contributed by atoms with E-state index in [1.807, 2.05) is 37.3 Å². The Morgan fingerprint density at radius 2 is 1.87 bits per heavy atom. The summed E-state index contributed by atoms with van der Waals surface area (Å²) in [5, 5.41) is 2.34. The van der Waals surface area contributed by atoms with E-state index < -0.39 is 0 Å². The molecule has 0 aliphatic heterocycles. The van der Waals surface area contributed by atoms with Crippen molar-refractivity contribution in [2.24, 2.45) is 0 Å². The third-order valence-electron chi connectivity index (χ3n) is 3.77. The number of likely N-dealkylation sites (N-methyl/N-ethyl adjacent to an activating group) is 1. The van der Waals surface area contributed by atoms with Gasteiger partial charge in [0, 0.05) is 17.2 Å². The van der Waals surface area contributed by atoms with Crippen LogP contribution < -0.4 is 4.90 Å². The molecule has 0 saturated heterocycles. The van der Waals surface area contributed by atoms with Crippen LogP contribution in [0.5, 0.6) is 0 Å². The summed E-state index contributed by atoms with van der Waals surface area (Å²) in [4.78, 5) is 18.7. The zero-order valence-corrected chi connectivity index (χ0v) is 14.5. The fourth-order valence-corrected chi connectivity index (χ4v) is 2.85. The molecule has 0 aliphatic carbocycles. The van der Waals surface area contributed by atoms with Gasteiger partial charge in [0.1, 0.15) is 5.82 Å². The van der Waals surface area contributed by atoms with Crippen LogP contribution >= 0.6 is 15.9 Å². The number of anilines is 1. The average Bonchev–Trinajstić information content (AvgIpc) is 2.57. The lowest BCUT2D eigenvalue weighted by molar-refractivity contribution is -0.118. The van der Waals surface area contributed by atoms with E-state index in [-0.39, 0.29) is 5.91 Å². The second-order valence-electron chi connectivity index (χ2n) is 5.33. The molecular formula is C19H17BrN2O. The Morgan fingerprint density at radius 3 is 2.57 bits per heavy atom. The van der Waals surface area contributed by atoms with Gasteiger partial charge in [0.15, 0.2) is 0 Å². The van der Waals surface area contributed by atoms with Crippen molar-refractivity contribution in [1.29, 1.82) is 0 Å². The molecule has 23 heavy (non-hydrogen) atoms. The third kappa shape index (κ3) is 3.59. The Balaban J connectivity index is 1.81. The normalized spacial score (nSPS) is 10.7. The number of rotatable bonds is 4. The molecule has 116 valence electrons. The number of nitrogens with zero attached hydrogens (tertiary/aromatic N) is 2. The molecule has 0 radical (unpaired) electrons. The predicted molar refractivity (Wildman–Crippen MR) is 97.6 cm³/mol. The number of pyridine rings is 1. The van der Waals surface area contributed by atoms with Crippen molar-refractivity contribution in [2.45, 2.75) is 13.3 Å². The number of hydrogen-bond acceptors (Lipinski definition) is 2. The van der Waals surface area contributed by atoms with Crippen LogP contribution in [0.15, 0.2) is 65.3 Å². The van der Waals surface area contributed by atoms with Gasteiger partial charge in [-0.2, -0.15) is 0 Å². The lowest BCUT2D eigenvalue weighted by Crippen LogP contribution is -2.32. The van der Waals surface area contributed by atoms with Gasteiger partial charge >= 0.3 is 0 Å². The van der Waals surface area contributed by atoms with Gasteiger partial charge in [0.2, 0.25) is 5.91 Å².